The van der Waals surface area contributed by atoms with E-state index < -0.39 is 10.9 Å². The Labute approximate surface area is 153 Å². The molecule has 0 aromatic heterocycles. The number of hydrogen-bond acceptors (Lipinski definition) is 0. The van der Waals surface area contributed by atoms with E-state index in [2.05, 4.69) is 110 Å². The molecule has 1 aliphatic rings. The fourth-order valence-corrected chi connectivity index (χ4v) is 2.32. The van der Waals surface area contributed by atoms with E-state index in [9.17, 15) is 0 Å². The van der Waals surface area contributed by atoms with Crippen molar-refractivity contribution < 1.29 is 10.9 Å². The Morgan fingerprint density at radius 2 is 1.38 bits per heavy atom. The summed E-state index contributed by atoms with van der Waals surface area (Å²) in [7, 11) is -1.93. The minimum atomic E-state index is -1.93. The second-order valence-electron chi connectivity index (χ2n) is 4.77. The molecule has 0 bridgehead atoms. The average molecular weight is 617 g/mol. The van der Waals surface area contributed by atoms with Gasteiger partial charge in [-0.25, -0.2) is 0 Å². The Kier molecular flexibility index (Phi) is 7.62. The number of halogens is 4. The van der Waals surface area contributed by atoms with Crippen LogP contribution in [0, 0.1) is 0 Å². The van der Waals surface area contributed by atoms with Gasteiger partial charge in [-0.15, -0.1) is 0 Å². The van der Waals surface area contributed by atoms with E-state index in [0.717, 1.165) is 12.8 Å². The number of benzene rings is 2. The van der Waals surface area contributed by atoms with Crippen LogP contribution in [0.3, 0.4) is 0 Å². The molecule has 0 nitrogen and oxygen atoms in total. The molecule has 0 saturated carbocycles. The monoisotopic (exact) mass is 612 g/mol. The summed E-state index contributed by atoms with van der Waals surface area (Å²) in [5.41, 5.74) is 5.79. The third-order valence-corrected chi connectivity index (χ3v) is 3.11. The van der Waals surface area contributed by atoms with Crippen molar-refractivity contribution in [3.8, 4) is 0 Å². The molecule has 21 heavy (non-hydrogen) atoms. The molecule has 0 heterocycles. The summed E-state index contributed by atoms with van der Waals surface area (Å²) in [5.74, 6) is 0. The third kappa shape index (κ3) is 7.39. The van der Waals surface area contributed by atoms with Crippen molar-refractivity contribution >= 4 is 55.0 Å². The molecule has 0 amide bonds. The summed E-state index contributed by atoms with van der Waals surface area (Å²) < 4.78 is 0. The van der Waals surface area contributed by atoms with Crippen LogP contribution in [0.1, 0.15) is 16.7 Å². The van der Waals surface area contributed by atoms with Crippen molar-refractivity contribution in [2.75, 3.05) is 0 Å². The van der Waals surface area contributed by atoms with Crippen LogP contribution in [0.25, 0.3) is 6.08 Å². The first-order valence-corrected chi connectivity index (χ1v) is 29.0. The zero-order chi connectivity index (χ0) is 15.3. The summed E-state index contributed by atoms with van der Waals surface area (Å²) in [6, 6.07) is 19.3. The zero-order valence-corrected chi connectivity index (χ0v) is 20.0. The number of hydrogen-bond donors (Lipinski definition) is 0. The molecule has 0 spiro atoms. The summed E-state index contributed by atoms with van der Waals surface area (Å²) in [6.07, 6.45) is 4.53. The van der Waals surface area contributed by atoms with Gasteiger partial charge in [0, 0.05) is 0 Å². The first-order chi connectivity index (χ1) is 9.92. The predicted octanol–water partition coefficient (Wildman–Crippen LogP) is 7.25. The summed E-state index contributed by atoms with van der Waals surface area (Å²) in [6.45, 7) is 0. The van der Waals surface area contributed by atoms with Gasteiger partial charge >= 0.3 is 59.7 Å². The topological polar surface area (TPSA) is 0 Å². The summed E-state index contributed by atoms with van der Waals surface area (Å²) in [4.78, 5) is 0. The predicted molar refractivity (Wildman–Crippen MR) is 104 cm³/mol. The van der Waals surface area contributed by atoms with Gasteiger partial charge in [-0.3, -0.25) is 0 Å². The third-order valence-electron chi connectivity index (χ3n) is 3.11. The molecule has 0 unspecified atom stereocenters. The van der Waals surface area contributed by atoms with Crippen molar-refractivity contribution in [2.24, 2.45) is 0 Å². The molecule has 110 valence electrons. The summed E-state index contributed by atoms with van der Waals surface area (Å²) in [5, 5.41) is 0. The molecule has 0 saturated heterocycles. The van der Waals surface area contributed by atoms with Gasteiger partial charge in [-0.1, -0.05) is 66.2 Å². The first kappa shape index (κ1) is 18.3. The van der Waals surface area contributed by atoms with Crippen LogP contribution in [0.2, 0.25) is 0 Å². The van der Waals surface area contributed by atoms with Crippen LogP contribution < -0.4 is 0 Å². The van der Waals surface area contributed by atoms with Crippen LogP contribution in [0.15, 0.2) is 60.2 Å². The quantitative estimate of drug-likeness (QED) is 0.334. The molecular weight excluding hydrogens is 603 g/mol. The van der Waals surface area contributed by atoms with E-state index in [1.807, 2.05) is 0 Å². The molecule has 0 atom stereocenters. The van der Waals surface area contributed by atoms with Gasteiger partial charge in [-0.2, -0.15) is 0 Å². The van der Waals surface area contributed by atoms with Gasteiger partial charge in [0.2, 0.25) is 0 Å². The molecule has 0 fully saturated rings. The molecule has 1 aliphatic carbocycles. The summed E-state index contributed by atoms with van der Waals surface area (Å²) >= 11 is 13.3. The fourth-order valence-electron chi connectivity index (χ4n) is 2.32. The Balaban J connectivity index is 0.000000282. The molecule has 0 N–H and O–H groups in total. The van der Waals surface area contributed by atoms with Gasteiger partial charge in [0.05, 0.1) is 0 Å². The minimum absolute atomic E-state index is 1.08. The van der Waals surface area contributed by atoms with E-state index >= 15 is 0 Å². The Morgan fingerprint density at radius 3 is 2.00 bits per heavy atom. The van der Waals surface area contributed by atoms with E-state index in [4.69, 9.17) is 0 Å². The van der Waals surface area contributed by atoms with Crippen LogP contribution in [-0.2, 0) is 23.7 Å². The van der Waals surface area contributed by atoms with E-state index in [0.29, 0.717) is 0 Å². The average Bonchev–Trinajstić information content (AvgIpc) is 2.80. The molecule has 5 heteroatoms. The number of fused-ring (bicyclic) bond motifs is 1. The van der Waals surface area contributed by atoms with Crippen molar-refractivity contribution in [3.63, 3.8) is 0 Å². The van der Waals surface area contributed by atoms with Gasteiger partial charge in [-0.05, 0) is 29.5 Å². The van der Waals surface area contributed by atoms with Crippen LogP contribution in [-0.4, -0.2) is 0 Å². The molecule has 0 aliphatic heterocycles. The van der Waals surface area contributed by atoms with Crippen molar-refractivity contribution in [3.05, 3.63) is 76.9 Å². The second-order valence-corrected chi connectivity index (χ2v) is 72.8. The Hall–Kier alpha value is 0.983. The van der Waals surface area contributed by atoms with Gasteiger partial charge in [0.1, 0.15) is 0 Å². The van der Waals surface area contributed by atoms with Crippen molar-refractivity contribution in [1.29, 1.82) is 0 Å². The Morgan fingerprint density at radius 1 is 0.810 bits per heavy atom. The van der Waals surface area contributed by atoms with Crippen molar-refractivity contribution in [1.82, 2.24) is 0 Å². The van der Waals surface area contributed by atoms with Gasteiger partial charge in [0.15, 0.2) is 0 Å². The maximum absolute atomic E-state index is 3.34. The Bertz CT molecular complexity index is 612. The SMILES string of the molecule is C1=C(Cc2ccccc2)Cc2ccccc21.[Br][Zr]([Br])([Br])[Br]. The normalized spacial score (nSPS) is 13.0. The molecule has 0 radical (unpaired) electrons. The van der Waals surface area contributed by atoms with Crippen LogP contribution in [0.5, 0.6) is 0 Å². The zero-order valence-electron chi connectivity index (χ0n) is 11.2. The number of allylic oxidation sites excluding steroid dienone is 1. The molecule has 2 aromatic rings. The van der Waals surface area contributed by atoms with E-state index in [1.54, 1.807) is 0 Å². The van der Waals surface area contributed by atoms with Gasteiger partial charge < -0.3 is 0 Å². The van der Waals surface area contributed by atoms with Gasteiger partial charge in [0.25, 0.3) is 0 Å². The van der Waals surface area contributed by atoms with Crippen molar-refractivity contribution in [2.45, 2.75) is 12.8 Å². The second kappa shape index (κ2) is 8.73. The maximum atomic E-state index is 3.34. The van der Waals surface area contributed by atoms with Crippen LogP contribution >= 0.6 is 48.9 Å². The fraction of sp³-hybridized carbons (Fsp3) is 0.125. The first-order valence-electron chi connectivity index (χ1n) is 6.49. The standard InChI is InChI=1S/C16H14.4BrH.Zr/c1-2-6-13(7-3-1)10-14-11-15-8-4-5-9-16(15)12-14;;;;;/h1-9,11H,10,12H2;4*1H;/q;;;;;+4/p-4. The molecule has 3 rings (SSSR count). The van der Waals surface area contributed by atoms with E-state index in [-0.39, 0.29) is 0 Å². The molecule has 2 aromatic carbocycles. The van der Waals surface area contributed by atoms with Crippen LogP contribution in [0.4, 0.5) is 0 Å². The molecular formula is C16H14Br4Zr. The van der Waals surface area contributed by atoms with E-state index in [1.165, 1.54) is 22.3 Å². The number of rotatable bonds is 2.